The van der Waals surface area contributed by atoms with Gasteiger partial charge in [0.2, 0.25) is 0 Å². The van der Waals surface area contributed by atoms with Crippen LogP contribution in [0.4, 0.5) is 18.9 Å². The van der Waals surface area contributed by atoms with Gasteiger partial charge in [-0.3, -0.25) is 0 Å². The third-order valence-corrected chi connectivity index (χ3v) is 3.77. The first kappa shape index (κ1) is 15.8. The molecule has 1 nitrogen and oxygen atoms in total. The molecule has 112 valence electrons. The minimum absolute atomic E-state index is 0.629. The van der Waals surface area contributed by atoms with Crippen molar-refractivity contribution in [3.63, 3.8) is 0 Å². The highest BCUT2D eigenvalue weighted by Crippen LogP contribution is 2.32. The predicted octanol–water partition coefficient (Wildman–Crippen LogP) is 5.51. The van der Waals surface area contributed by atoms with Crippen molar-refractivity contribution in [3.05, 3.63) is 60.2 Å². The van der Waals surface area contributed by atoms with Crippen molar-refractivity contribution in [3.8, 4) is 0 Å². The van der Waals surface area contributed by atoms with E-state index in [0.717, 1.165) is 4.90 Å². The molecule has 0 heterocycles. The number of rotatable bonds is 5. The quantitative estimate of drug-likeness (QED) is 0.730. The molecule has 0 amide bonds. The van der Waals surface area contributed by atoms with Crippen LogP contribution in [0.2, 0.25) is 0 Å². The van der Waals surface area contributed by atoms with E-state index in [-0.39, 0.29) is 0 Å². The number of nitrogens with one attached hydrogen (secondary N) is 1. The number of anilines is 1. The fourth-order valence-corrected chi connectivity index (χ4v) is 2.54. The molecule has 2 aromatic rings. The summed E-state index contributed by atoms with van der Waals surface area (Å²) < 4.78 is 38.4. The Hall–Kier alpha value is -1.62. The molecule has 1 unspecified atom stereocenters. The number of hydrogen-bond acceptors (Lipinski definition) is 2. The molecule has 0 saturated carbocycles. The van der Waals surface area contributed by atoms with Gasteiger partial charge in [-0.15, -0.1) is 11.8 Å². The second kappa shape index (κ2) is 6.89. The van der Waals surface area contributed by atoms with Crippen LogP contribution in [0, 0.1) is 0 Å². The minimum Gasteiger partial charge on any atom is -0.378 e. The van der Waals surface area contributed by atoms with E-state index in [1.165, 1.54) is 0 Å². The van der Waals surface area contributed by atoms with Gasteiger partial charge in [0.25, 0.3) is 0 Å². The van der Waals surface area contributed by atoms with Crippen molar-refractivity contribution < 1.29 is 13.2 Å². The first-order chi connectivity index (χ1) is 9.98. The lowest BCUT2D eigenvalue weighted by Gasteiger charge is -2.22. The predicted molar refractivity (Wildman–Crippen MR) is 81.7 cm³/mol. The maximum Gasteiger partial charge on any atom is 0.391 e. The van der Waals surface area contributed by atoms with Crippen LogP contribution < -0.4 is 5.32 Å². The number of hydrogen-bond donors (Lipinski definition) is 1. The zero-order valence-electron chi connectivity index (χ0n) is 11.5. The molecule has 21 heavy (non-hydrogen) atoms. The lowest BCUT2D eigenvalue weighted by Crippen LogP contribution is -2.20. The van der Waals surface area contributed by atoms with Crippen LogP contribution in [0.5, 0.6) is 0 Å². The van der Waals surface area contributed by atoms with Gasteiger partial charge in [-0.2, -0.15) is 13.2 Å². The van der Waals surface area contributed by atoms with Gasteiger partial charge >= 0.3 is 6.18 Å². The third kappa shape index (κ3) is 5.01. The Morgan fingerprint density at radius 2 is 1.76 bits per heavy atom. The van der Waals surface area contributed by atoms with E-state index in [9.17, 15) is 13.2 Å². The Morgan fingerprint density at radius 3 is 2.38 bits per heavy atom. The molecule has 1 N–H and O–H groups in total. The SMILES string of the molecule is CSc1cccc(NC(CC(F)(F)F)c2ccccc2)c1. The van der Waals surface area contributed by atoms with Gasteiger partial charge in [-0.25, -0.2) is 0 Å². The van der Waals surface area contributed by atoms with Gasteiger partial charge in [-0.1, -0.05) is 36.4 Å². The highest BCUT2D eigenvalue weighted by molar-refractivity contribution is 7.98. The van der Waals surface area contributed by atoms with Crippen molar-refractivity contribution >= 4 is 17.4 Å². The maximum absolute atomic E-state index is 12.8. The van der Waals surface area contributed by atoms with Gasteiger partial charge in [0.1, 0.15) is 0 Å². The summed E-state index contributed by atoms with van der Waals surface area (Å²) >= 11 is 1.56. The van der Waals surface area contributed by atoms with E-state index in [0.29, 0.717) is 11.3 Å². The fourth-order valence-electron chi connectivity index (χ4n) is 2.08. The van der Waals surface area contributed by atoms with Crippen molar-refractivity contribution in [2.45, 2.75) is 23.5 Å². The highest BCUT2D eigenvalue weighted by atomic mass is 32.2. The number of halogens is 3. The fraction of sp³-hybridized carbons (Fsp3) is 0.250. The molecular weight excluding hydrogens is 295 g/mol. The van der Waals surface area contributed by atoms with E-state index < -0.39 is 18.6 Å². The molecule has 0 radical (unpaired) electrons. The van der Waals surface area contributed by atoms with E-state index in [1.807, 2.05) is 24.5 Å². The molecule has 0 aliphatic carbocycles. The zero-order valence-corrected chi connectivity index (χ0v) is 12.3. The lowest BCUT2D eigenvalue weighted by atomic mass is 10.0. The molecule has 2 aromatic carbocycles. The molecule has 0 saturated heterocycles. The summed E-state index contributed by atoms with van der Waals surface area (Å²) in [4.78, 5) is 1.01. The van der Waals surface area contributed by atoms with Crippen molar-refractivity contribution in [2.24, 2.45) is 0 Å². The van der Waals surface area contributed by atoms with Crippen molar-refractivity contribution in [2.75, 3.05) is 11.6 Å². The van der Waals surface area contributed by atoms with Gasteiger partial charge in [0.15, 0.2) is 0 Å². The largest absolute Gasteiger partial charge is 0.391 e. The maximum atomic E-state index is 12.8. The summed E-state index contributed by atoms with van der Waals surface area (Å²) in [5.41, 5.74) is 1.32. The first-order valence-electron chi connectivity index (χ1n) is 6.50. The first-order valence-corrected chi connectivity index (χ1v) is 7.73. The Bertz CT molecular complexity index is 569. The van der Waals surface area contributed by atoms with E-state index in [2.05, 4.69) is 5.32 Å². The molecule has 0 bridgehead atoms. The Morgan fingerprint density at radius 1 is 1.05 bits per heavy atom. The Labute approximate surface area is 126 Å². The molecule has 1 atom stereocenters. The lowest BCUT2D eigenvalue weighted by molar-refractivity contribution is -0.137. The van der Waals surface area contributed by atoms with E-state index >= 15 is 0 Å². The van der Waals surface area contributed by atoms with Crippen molar-refractivity contribution in [1.82, 2.24) is 0 Å². The average Bonchev–Trinajstić information content (AvgIpc) is 2.46. The number of alkyl halides is 3. The van der Waals surface area contributed by atoms with Gasteiger partial charge in [0, 0.05) is 10.6 Å². The van der Waals surface area contributed by atoms with Gasteiger partial charge in [-0.05, 0) is 30.0 Å². The van der Waals surface area contributed by atoms with Crippen LogP contribution in [0.15, 0.2) is 59.5 Å². The van der Waals surface area contributed by atoms with Crippen LogP contribution in [-0.2, 0) is 0 Å². The topological polar surface area (TPSA) is 12.0 Å². The van der Waals surface area contributed by atoms with Crippen molar-refractivity contribution in [1.29, 1.82) is 0 Å². The molecule has 5 heteroatoms. The molecule has 2 rings (SSSR count). The van der Waals surface area contributed by atoms with Crippen LogP contribution >= 0.6 is 11.8 Å². The minimum atomic E-state index is -4.22. The molecule has 0 aromatic heterocycles. The monoisotopic (exact) mass is 311 g/mol. The number of benzene rings is 2. The smallest absolute Gasteiger partial charge is 0.378 e. The standard InChI is InChI=1S/C16H16F3NS/c1-21-14-9-5-8-13(10-14)20-15(11-16(17,18)19)12-6-3-2-4-7-12/h2-10,15,20H,11H2,1H3. The molecule has 0 spiro atoms. The number of thioether (sulfide) groups is 1. The van der Waals surface area contributed by atoms with E-state index in [1.54, 1.807) is 48.2 Å². The third-order valence-electron chi connectivity index (χ3n) is 3.05. The van der Waals surface area contributed by atoms with Crippen LogP contribution in [0.1, 0.15) is 18.0 Å². The van der Waals surface area contributed by atoms with Gasteiger partial charge in [0.05, 0.1) is 12.5 Å². The summed E-state index contributed by atoms with van der Waals surface area (Å²) in [6, 6.07) is 15.3. The normalized spacial score (nSPS) is 13.0. The Balaban J connectivity index is 2.23. The summed E-state index contributed by atoms with van der Waals surface area (Å²) in [5, 5.41) is 2.99. The van der Waals surface area contributed by atoms with E-state index in [4.69, 9.17) is 0 Å². The Kier molecular flexibility index (Phi) is 5.17. The summed E-state index contributed by atoms with van der Waals surface area (Å²) in [7, 11) is 0. The van der Waals surface area contributed by atoms with Gasteiger partial charge < -0.3 is 5.32 Å². The van der Waals surface area contributed by atoms with Crippen LogP contribution in [-0.4, -0.2) is 12.4 Å². The second-order valence-corrected chi connectivity index (χ2v) is 5.54. The second-order valence-electron chi connectivity index (χ2n) is 4.66. The summed E-state index contributed by atoms with van der Waals surface area (Å²) in [6.07, 6.45) is -3.19. The summed E-state index contributed by atoms with van der Waals surface area (Å²) in [5.74, 6) is 0. The molecule has 0 aliphatic rings. The highest BCUT2D eigenvalue weighted by Gasteiger charge is 2.32. The summed E-state index contributed by atoms with van der Waals surface area (Å²) in [6.45, 7) is 0. The van der Waals surface area contributed by atoms with Crippen LogP contribution in [0.25, 0.3) is 0 Å². The average molecular weight is 311 g/mol. The zero-order chi connectivity index (χ0) is 15.3. The van der Waals surface area contributed by atoms with Crippen LogP contribution in [0.3, 0.4) is 0 Å². The molecule has 0 aliphatic heterocycles. The molecular formula is C16H16F3NS. The molecule has 0 fully saturated rings.